The molecule has 1 saturated carbocycles. The van der Waals surface area contributed by atoms with Crippen molar-refractivity contribution in [2.24, 2.45) is 0 Å². The van der Waals surface area contributed by atoms with Crippen LogP contribution in [0, 0.1) is 0 Å². The van der Waals surface area contributed by atoms with Crippen molar-refractivity contribution in [2.75, 3.05) is 13.7 Å². The van der Waals surface area contributed by atoms with E-state index >= 15 is 0 Å². The van der Waals surface area contributed by atoms with Crippen LogP contribution in [0.3, 0.4) is 0 Å². The van der Waals surface area contributed by atoms with Gasteiger partial charge in [0.15, 0.2) is 6.61 Å². The molecular formula is C21H26F4O5. The number of halogens is 4. The molecule has 1 aromatic rings. The minimum Gasteiger partial charge on any atom is -0.497 e. The highest BCUT2D eigenvalue weighted by molar-refractivity contribution is 5.72. The van der Waals surface area contributed by atoms with Crippen LogP contribution in [-0.2, 0) is 19.1 Å². The zero-order chi connectivity index (χ0) is 22.1. The van der Waals surface area contributed by atoms with E-state index in [1.54, 1.807) is 7.11 Å². The lowest BCUT2D eigenvalue weighted by Gasteiger charge is -2.28. The van der Waals surface area contributed by atoms with E-state index in [4.69, 9.17) is 9.47 Å². The number of hydrogen-bond acceptors (Lipinski definition) is 5. The summed E-state index contributed by atoms with van der Waals surface area (Å²) in [5, 5.41) is 0. The molecule has 2 rings (SSSR count). The predicted octanol–water partition coefficient (Wildman–Crippen LogP) is 4.88. The van der Waals surface area contributed by atoms with E-state index in [1.807, 2.05) is 24.3 Å². The van der Waals surface area contributed by atoms with Gasteiger partial charge in [-0.25, -0.2) is 8.78 Å². The highest BCUT2D eigenvalue weighted by Crippen LogP contribution is 2.34. The van der Waals surface area contributed by atoms with Crippen LogP contribution in [0.25, 0.3) is 0 Å². The smallest absolute Gasteiger partial charge is 0.340 e. The first-order valence-corrected chi connectivity index (χ1v) is 9.86. The molecule has 0 N–H and O–H groups in total. The highest BCUT2D eigenvalue weighted by Gasteiger charge is 2.42. The standard InChI is InChI=1S/C21H26F4O5/c1-28-16-9-5-14(6-10-16)15-7-11-17(12-8-15)30-19(27)4-2-3-18(26)29-13-21(24,25)20(22)23/h5-6,9-10,15,17,20H,2-4,7-8,11-13H2,1H3. The van der Waals surface area contributed by atoms with Gasteiger partial charge in [-0.2, -0.15) is 8.78 Å². The van der Waals surface area contributed by atoms with Crippen molar-refractivity contribution in [3.63, 3.8) is 0 Å². The normalized spacial score (nSPS) is 19.4. The van der Waals surface area contributed by atoms with E-state index in [0.717, 1.165) is 31.4 Å². The fourth-order valence-electron chi connectivity index (χ4n) is 3.32. The van der Waals surface area contributed by atoms with Gasteiger partial charge in [-0.15, -0.1) is 0 Å². The summed E-state index contributed by atoms with van der Waals surface area (Å²) < 4.78 is 64.0. The van der Waals surface area contributed by atoms with Crippen LogP contribution in [0.5, 0.6) is 5.75 Å². The van der Waals surface area contributed by atoms with Gasteiger partial charge in [-0.05, 0) is 55.7 Å². The number of methoxy groups -OCH3 is 1. The average Bonchev–Trinajstić information content (AvgIpc) is 2.73. The van der Waals surface area contributed by atoms with Crippen LogP contribution in [-0.4, -0.2) is 44.1 Å². The van der Waals surface area contributed by atoms with Crippen LogP contribution in [0.2, 0.25) is 0 Å². The van der Waals surface area contributed by atoms with Gasteiger partial charge in [0.2, 0.25) is 0 Å². The Kier molecular flexibility index (Phi) is 8.92. The van der Waals surface area contributed by atoms with Crippen LogP contribution in [0.1, 0.15) is 56.4 Å². The second-order valence-electron chi connectivity index (χ2n) is 7.31. The Morgan fingerprint density at radius 3 is 2.20 bits per heavy atom. The van der Waals surface area contributed by atoms with E-state index in [1.165, 1.54) is 5.56 Å². The Morgan fingerprint density at radius 2 is 1.63 bits per heavy atom. The molecule has 9 heteroatoms. The van der Waals surface area contributed by atoms with Crippen molar-refractivity contribution in [3.05, 3.63) is 29.8 Å². The molecule has 0 bridgehead atoms. The summed E-state index contributed by atoms with van der Waals surface area (Å²) in [6, 6.07) is 7.90. The summed E-state index contributed by atoms with van der Waals surface area (Å²) in [5.74, 6) is -4.71. The maximum Gasteiger partial charge on any atom is 0.340 e. The predicted molar refractivity (Wildman–Crippen MR) is 99.8 cm³/mol. The van der Waals surface area contributed by atoms with Crippen molar-refractivity contribution in [1.29, 1.82) is 0 Å². The zero-order valence-corrected chi connectivity index (χ0v) is 16.8. The second-order valence-corrected chi connectivity index (χ2v) is 7.31. The van der Waals surface area contributed by atoms with Crippen LogP contribution < -0.4 is 4.74 Å². The van der Waals surface area contributed by atoms with E-state index in [-0.39, 0.29) is 25.4 Å². The van der Waals surface area contributed by atoms with Gasteiger partial charge in [0.05, 0.1) is 7.11 Å². The van der Waals surface area contributed by atoms with Crippen LogP contribution in [0.15, 0.2) is 24.3 Å². The van der Waals surface area contributed by atoms with Crippen LogP contribution >= 0.6 is 0 Å². The van der Waals surface area contributed by atoms with Gasteiger partial charge in [0, 0.05) is 12.8 Å². The molecule has 1 aliphatic carbocycles. The summed E-state index contributed by atoms with van der Waals surface area (Å²) in [4.78, 5) is 23.2. The summed E-state index contributed by atoms with van der Waals surface area (Å²) in [7, 11) is 1.61. The van der Waals surface area contributed by atoms with Crippen molar-refractivity contribution >= 4 is 11.9 Å². The van der Waals surface area contributed by atoms with Crippen molar-refractivity contribution < 1.29 is 41.4 Å². The Balaban J connectivity index is 1.62. The number of carbonyl (C=O) groups excluding carboxylic acids is 2. The fraction of sp³-hybridized carbons (Fsp3) is 0.619. The molecule has 1 fully saturated rings. The number of alkyl halides is 4. The van der Waals surface area contributed by atoms with Gasteiger partial charge in [0.1, 0.15) is 11.9 Å². The molecule has 0 amide bonds. The topological polar surface area (TPSA) is 61.8 Å². The fourth-order valence-corrected chi connectivity index (χ4v) is 3.32. The van der Waals surface area contributed by atoms with E-state index in [0.29, 0.717) is 5.92 Å². The molecule has 168 valence electrons. The molecule has 1 aromatic carbocycles. The van der Waals surface area contributed by atoms with Gasteiger partial charge in [-0.1, -0.05) is 12.1 Å². The molecule has 30 heavy (non-hydrogen) atoms. The molecular weight excluding hydrogens is 408 g/mol. The number of benzene rings is 1. The second kappa shape index (κ2) is 11.2. The quantitative estimate of drug-likeness (QED) is 0.388. The van der Waals surface area contributed by atoms with Crippen LogP contribution in [0.4, 0.5) is 17.6 Å². The Morgan fingerprint density at radius 1 is 1.03 bits per heavy atom. The van der Waals surface area contributed by atoms with Gasteiger partial charge in [-0.3, -0.25) is 9.59 Å². The third-order valence-electron chi connectivity index (χ3n) is 5.07. The van der Waals surface area contributed by atoms with Crippen molar-refractivity contribution in [3.8, 4) is 5.75 Å². The number of ether oxygens (including phenoxy) is 3. The molecule has 0 atom stereocenters. The number of rotatable bonds is 10. The molecule has 0 heterocycles. The summed E-state index contributed by atoms with van der Waals surface area (Å²) >= 11 is 0. The maximum atomic E-state index is 12.7. The first-order valence-electron chi connectivity index (χ1n) is 9.86. The van der Waals surface area contributed by atoms with E-state index in [9.17, 15) is 27.2 Å². The Labute approximate surface area is 172 Å². The lowest BCUT2D eigenvalue weighted by Crippen LogP contribution is -2.33. The third-order valence-corrected chi connectivity index (χ3v) is 5.07. The largest absolute Gasteiger partial charge is 0.497 e. The molecule has 1 aliphatic rings. The van der Waals surface area contributed by atoms with E-state index in [2.05, 4.69) is 4.74 Å². The molecule has 0 spiro atoms. The molecule has 0 unspecified atom stereocenters. The number of carbonyl (C=O) groups is 2. The molecule has 0 aromatic heterocycles. The molecule has 0 aliphatic heterocycles. The first kappa shape index (κ1) is 24.0. The first-order chi connectivity index (χ1) is 14.2. The summed E-state index contributed by atoms with van der Waals surface area (Å²) in [6.45, 7) is -1.68. The average molecular weight is 434 g/mol. The highest BCUT2D eigenvalue weighted by atomic mass is 19.3. The van der Waals surface area contributed by atoms with Gasteiger partial charge < -0.3 is 14.2 Å². The minimum absolute atomic E-state index is 0.0408. The monoisotopic (exact) mass is 434 g/mol. The SMILES string of the molecule is COc1ccc(C2CCC(OC(=O)CCCC(=O)OCC(F)(F)C(F)F)CC2)cc1. The lowest BCUT2D eigenvalue weighted by atomic mass is 9.83. The third kappa shape index (κ3) is 7.50. The van der Waals surface area contributed by atoms with Crippen molar-refractivity contribution in [2.45, 2.75) is 69.3 Å². The maximum absolute atomic E-state index is 12.7. The van der Waals surface area contributed by atoms with E-state index < -0.39 is 30.9 Å². The van der Waals surface area contributed by atoms with Gasteiger partial charge in [0.25, 0.3) is 0 Å². The number of hydrogen-bond donors (Lipinski definition) is 0. The Bertz CT molecular complexity index is 685. The van der Waals surface area contributed by atoms with Gasteiger partial charge >= 0.3 is 24.3 Å². The Hall–Kier alpha value is -2.32. The lowest BCUT2D eigenvalue weighted by molar-refractivity contribution is -0.179. The van der Waals surface area contributed by atoms with Crippen molar-refractivity contribution in [1.82, 2.24) is 0 Å². The minimum atomic E-state index is -4.38. The molecule has 5 nitrogen and oxygen atoms in total. The zero-order valence-electron chi connectivity index (χ0n) is 16.8. The number of esters is 2. The molecule has 0 saturated heterocycles. The molecule has 0 radical (unpaired) electrons. The summed E-state index contributed by atoms with van der Waals surface area (Å²) in [5.41, 5.74) is 1.22. The summed E-state index contributed by atoms with van der Waals surface area (Å²) in [6.07, 6.45) is -1.22.